The zero-order valence-corrected chi connectivity index (χ0v) is 17.3. The second-order valence-corrected chi connectivity index (χ2v) is 8.41. The first kappa shape index (κ1) is 19.4. The maximum atomic E-state index is 13.2. The Labute approximate surface area is 168 Å². The summed E-state index contributed by atoms with van der Waals surface area (Å²) < 4.78 is 5.20. The Morgan fingerprint density at radius 2 is 1.89 bits per heavy atom. The Morgan fingerprint density at radius 3 is 2.64 bits per heavy atom. The van der Waals surface area contributed by atoms with Crippen molar-refractivity contribution in [2.45, 2.75) is 45.4 Å². The summed E-state index contributed by atoms with van der Waals surface area (Å²) in [7, 11) is 1.69. The van der Waals surface area contributed by atoms with Crippen LogP contribution in [0.5, 0.6) is 0 Å². The lowest BCUT2D eigenvalue weighted by Crippen LogP contribution is -2.51. The van der Waals surface area contributed by atoms with E-state index in [1.54, 1.807) is 7.11 Å². The van der Waals surface area contributed by atoms with E-state index in [9.17, 15) is 4.79 Å². The lowest BCUT2D eigenvalue weighted by atomic mass is 9.78. The molecular weight excluding hydrogens is 354 g/mol. The van der Waals surface area contributed by atoms with Crippen molar-refractivity contribution in [3.63, 3.8) is 0 Å². The molecule has 4 rings (SSSR count). The fourth-order valence-electron chi connectivity index (χ4n) is 4.88. The average molecular weight is 388 g/mol. The molecule has 28 heavy (non-hydrogen) atoms. The van der Waals surface area contributed by atoms with Gasteiger partial charge in [-0.3, -0.25) is 4.79 Å². The average Bonchev–Trinajstić information content (AvgIpc) is 3.40. The van der Waals surface area contributed by atoms with Crippen LogP contribution in [-0.2, 0) is 16.0 Å². The van der Waals surface area contributed by atoms with Crippen LogP contribution in [0.1, 0.15) is 44.7 Å². The number of carbonyl (C=O) groups is 1. The van der Waals surface area contributed by atoms with Gasteiger partial charge in [0.15, 0.2) is 0 Å². The van der Waals surface area contributed by atoms with Crippen molar-refractivity contribution in [1.82, 2.24) is 14.9 Å². The van der Waals surface area contributed by atoms with Gasteiger partial charge in [0.1, 0.15) is 5.82 Å². The van der Waals surface area contributed by atoms with Crippen LogP contribution in [0.15, 0.2) is 6.07 Å². The quantitative estimate of drug-likeness (QED) is 0.745. The maximum absolute atomic E-state index is 13.2. The number of rotatable bonds is 6. The molecule has 1 aromatic heterocycles. The van der Waals surface area contributed by atoms with Crippen LogP contribution >= 0.6 is 0 Å². The minimum atomic E-state index is -0.253. The normalized spacial score (nSPS) is 25.4. The molecule has 7 heteroatoms. The molecule has 0 saturated carbocycles. The number of piperidine rings is 1. The van der Waals surface area contributed by atoms with Crippen LogP contribution in [0.4, 0.5) is 11.8 Å². The third kappa shape index (κ3) is 3.69. The largest absolute Gasteiger partial charge is 0.383 e. The lowest BCUT2D eigenvalue weighted by Gasteiger charge is -2.39. The number of aromatic nitrogens is 2. The number of carbonyl (C=O) groups excluding carboxylic acids is 1. The Hall–Kier alpha value is -1.89. The molecule has 0 N–H and O–H groups in total. The highest BCUT2D eigenvalue weighted by molar-refractivity contribution is 5.85. The molecule has 1 amide bonds. The van der Waals surface area contributed by atoms with Gasteiger partial charge in [0.05, 0.1) is 12.0 Å². The third-order valence-electron chi connectivity index (χ3n) is 6.57. The third-order valence-corrected chi connectivity index (χ3v) is 6.57. The van der Waals surface area contributed by atoms with E-state index in [1.165, 1.54) is 12.8 Å². The molecule has 0 aromatic carbocycles. The molecule has 0 aliphatic carbocycles. The lowest BCUT2D eigenvalue weighted by molar-refractivity contribution is -0.145. The summed E-state index contributed by atoms with van der Waals surface area (Å²) in [5.74, 6) is 2.17. The van der Waals surface area contributed by atoms with Gasteiger partial charge in [-0.25, -0.2) is 4.98 Å². The zero-order chi connectivity index (χ0) is 19.6. The molecule has 3 aliphatic heterocycles. The van der Waals surface area contributed by atoms with E-state index in [2.05, 4.69) is 22.8 Å². The molecule has 0 bridgehead atoms. The number of nitrogens with zero attached hydrogens (tertiary/aromatic N) is 5. The standard InChI is InChI=1S/C21H33N5O2/c1-3-17-15-18(23-20(22-17)25-9-4-5-10-25)26-12-8-21(16-26)7-6-11-24(19(21)27)13-14-28-2/h15H,3-14,16H2,1-2H3. The molecule has 1 aromatic rings. The molecule has 1 atom stereocenters. The molecule has 3 saturated heterocycles. The highest BCUT2D eigenvalue weighted by Crippen LogP contribution is 2.41. The van der Waals surface area contributed by atoms with E-state index in [-0.39, 0.29) is 5.41 Å². The van der Waals surface area contributed by atoms with Crippen LogP contribution in [0, 0.1) is 5.41 Å². The molecule has 7 nitrogen and oxygen atoms in total. The number of hydrogen-bond donors (Lipinski definition) is 0. The topological polar surface area (TPSA) is 61.8 Å². The van der Waals surface area contributed by atoms with E-state index < -0.39 is 0 Å². The summed E-state index contributed by atoms with van der Waals surface area (Å²) in [4.78, 5) is 29.5. The van der Waals surface area contributed by atoms with Crippen molar-refractivity contribution >= 4 is 17.7 Å². The summed E-state index contributed by atoms with van der Waals surface area (Å²) in [5.41, 5.74) is 0.835. The van der Waals surface area contributed by atoms with Crippen molar-refractivity contribution in [3.05, 3.63) is 11.8 Å². The summed E-state index contributed by atoms with van der Waals surface area (Å²) in [6, 6.07) is 2.12. The summed E-state index contributed by atoms with van der Waals surface area (Å²) in [5, 5.41) is 0. The Morgan fingerprint density at radius 1 is 1.07 bits per heavy atom. The number of ether oxygens (including phenoxy) is 1. The Bertz CT molecular complexity index is 706. The first-order chi connectivity index (χ1) is 13.6. The summed E-state index contributed by atoms with van der Waals surface area (Å²) in [6.07, 6.45) is 6.31. The van der Waals surface area contributed by atoms with Gasteiger partial charge in [-0.05, 0) is 38.5 Å². The van der Waals surface area contributed by atoms with Crippen molar-refractivity contribution in [2.75, 3.05) is 62.8 Å². The minimum absolute atomic E-state index is 0.253. The smallest absolute Gasteiger partial charge is 0.230 e. The summed E-state index contributed by atoms with van der Waals surface area (Å²) >= 11 is 0. The van der Waals surface area contributed by atoms with Crippen LogP contribution in [0.25, 0.3) is 0 Å². The van der Waals surface area contributed by atoms with Crippen LogP contribution in [0.3, 0.4) is 0 Å². The number of methoxy groups -OCH3 is 1. The predicted molar refractivity (Wildman–Crippen MR) is 110 cm³/mol. The van der Waals surface area contributed by atoms with Crippen LogP contribution in [0.2, 0.25) is 0 Å². The fraction of sp³-hybridized carbons (Fsp3) is 0.762. The van der Waals surface area contributed by atoms with E-state index in [0.717, 1.165) is 75.9 Å². The van der Waals surface area contributed by atoms with Gasteiger partial charge in [-0.2, -0.15) is 4.98 Å². The van der Waals surface area contributed by atoms with E-state index in [4.69, 9.17) is 14.7 Å². The molecule has 4 heterocycles. The second-order valence-electron chi connectivity index (χ2n) is 8.41. The van der Waals surface area contributed by atoms with Crippen LogP contribution < -0.4 is 9.80 Å². The molecule has 3 fully saturated rings. The first-order valence-corrected chi connectivity index (χ1v) is 10.8. The van der Waals surface area contributed by atoms with Gasteiger partial charge < -0.3 is 19.4 Å². The van der Waals surface area contributed by atoms with Gasteiger partial charge in [-0.1, -0.05) is 6.92 Å². The highest BCUT2D eigenvalue weighted by Gasteiger charge is 2.48. The number of amides is 1. The second kappa shape index (κ2) is 8.23. The number of anilines is 2. The van der Waals surface area contributed by atoms with Crippen molar-refractivity contribution in [1.29, 1.82) is 0 Å². The SMILES string of the molecule is CCc1cc(N2CCC3(CCCN(CCOC)C3=O)C2)nc(N2CCCC2)n1. The van der Waals surface area contributed by atoms with Gasteiger partial charge in [0, 0.05) is 58.1 Å². The van der Waals surface area contributed by atoms with Gasteiger partial charge in [-0.15, -0.1) is 0 Å². The van der Waals surface area contributed by atoms with E-state index in [1.807, 2.05) is 4.90 Å². The number of hydrogen-bond acceptors (Lipinski definition) is 6. The maximum Gasteiger partial charge on any atom is 0.230 e. The van der Waals surface area contributed by atoms with Crippen molar-refractivity contribution in [3.8, 4) is 0 Å². The molecule has 3 aliphatic rings. The number of aryl methyl sites for hydroxylation is 1. The van der Waals surface area contributed by atoms with Crippen molar-refractivity contribution in [2.24, 2.45) is 5.41 Å². The zero-order valence-electron chi connectivity index (χ0n) is 17.3. The first-order valence-electron chi connectivity index (χ1n) is 10.8. The summed E-state index contributed by atoms with van der Waals surface area (Å²) in [6.45, 7) is 8.06. The molecule has 1 spiro atoms. The Balaban J connectivity index is 1.53. The number of likely N-dealkylation sites (tertiary alicyclic amines) is 1. The minimum Gasteiger partial charge on any atom is -0.383 e. The molecule has 0 radical (unpaired) electrons. The van der Waals surface area contributed by atoms with Crippen LogP contribution in [-0.4, -0.2) is 73.8 Å². The molecule has 154 valence electrons. The van der Waals surface area contributed by atoms with E-state index in [0.29, 0.717) is 19.1 Å². The fourth-order valence-corrected chi connectivity index (χ4v) is 4.88. The predicted octanol–water partition coefficient (Wildman–Crippen LogP) is 2.10. The van der Waals surface area contributed by atoms with Gasteiger partial charge >= 0.3 is 0 Å². The van der Waals surface area contributed by atoms with Gasteiger partial charge in [0.2, 0.25) is 11.9 Å². The molecular formula is C21H33N5O2. The van der Waals surface area contributed by atoms with Gasteiger partial charge in [0.25, 0.3) is 0 Å². The highest BCUT2D eigenvalue weighted by atomic mass is 16.5. The Kier molecular flexibility index (Phi) is 5.71. The monoisotopic (exact) mass is 387 g/mol. The molecule has 1 unspecified atom stereocenters. The van der Waals surface area contributed by atoms with Crippen molar-refractivity contribution < 1.29 is 9.53 Å². The van der Waals surface area contributed by atoms with E-state index >= 15 is 0 Å².